The number of carboxylic acids is 1. The van der Waals surface area contributed by atoms with Crippen LogP contribution in [0.2, 0.25) is 0 Å². The van der Waals surface area contributed by atoms with Crippen LogP contribution in [-0.4, -0.2) is 32.6 Å². The van der Waals surface area contributed by atoms with E-state index in [1.54, 1.807) is 0 Å². The van der Waals surface area contributed by atoms with Gasteiger partial charge in [-0.3, -0.25) is 9.48 Å². The van der Waals surface area contributed by atoms with Crippen molar-refractivity contribution in [1.82, 2.24) is 9.78 Å². The van der Waals surface area contributed by atoms with Crippen LogP contribution >= 0.6 is 0 Å². The third-order valence-electron chi connectivity index (χ3n) is 2.97. The number of nitrogens with zero attached hydrogens (tertiary/aromatic N) is 2. The average molecular weight is 224 g/mol. The largest absolute Gasteiger partial charge is 0.480 e. The maximum Gasteiger partial charge on any atom is 0.325 e. The lowest BCUT2D eigenvalue weighted by Gasteiger charge is -2.01. The minimum Gasteiger partial charge on any atom is -0.480 e. The molecule has 0 radical (unpaired) electrons. The molecule has 0 unspecified atom stereocenters. The molecule has 1 aromatic rings. The smallest absolute Gasteiger partial charge is 0.325 e. The van der Waals surface area contributed by atoms with Gasteiger partial charge in [0.05, 0.1) is 5.69 Å². The second-order valence-electron chi connectivity index (χ2n) is 4.25. The summed E-state index contributed by atoms with van der Waals surface area (Å²) in [6.07, 6.45) is 2.82. The zero-order valence-corrected chi connectivity index (χ0v) is 9.31. The predicted molar refractivity (Wildman–Crippen MR) is 57.4 cm³/mol. The normalized spacial score (nSPS) is 15.4. The van der Waals surface area contributed by atoms with Gasteiger partial charge < -0.3 is 10.2 Å². The summed E-state index contributed by atoms with van der Waals surface area (Å²) in [5, 5.41) is 22.1. The number of carboxylic acid groups (broad SMARTS) is 1. The van der Waals surface area contributed by atoms with Crippen LogP contribution in [0.5, 0.6) is 0 Å². The quantitative estimate of drug-likeness (QED) is 0.771. The molecule has 0 amide bonds. The first-order valence-corrected chi connectivity index (χ1v) is 5.52. The van der Waals surface area contributed by atoms with Crippen LogP contribution in [0, 0.1) is 6.92 Å². The molecule has 1 fully saturated rings. The third-order valence-corrected chi connectivity index (χ3v) is 2.97. The van der Waals surface area contributed by atoms with E-state index in [2.05, 4.69) is 5.10 Å². The minimum atomic E-state index is -0.886. The number of rotatable bonds is 5. The van der Waals surface area contributed by atoms with Crippen LogP contribution in [0.3, 0.4) is 0 Å². The number of aliphatic hydroxyl groups excluding tert-OH is 1. The number of aromatic nitrogens is 2. The fourth-order valence-electron chi connectivity index (χ4n) is 1.99. The second kappa shape index (κ2) is 4.25. The highest BCUT2D eigenvalue weighted by Crippen LogP contribution is 2.41. The van der Waals surface area contributed by atoms with Crippen LogP contribution in [0.25, 0.3) is 0 Å². The molecule has 5 heteroatoms. The van der Waals surface area contributed by atoms with E-state index in [9.17, 15) is 4.79 Å². The highest BCUT2D eigenvalue weighted by molar-refractivity contribution is 5.66. The van der Waals surface area contributed by atoms with Gasteiger partial charge in [0.15, 0.2) is 0 Å². The summed E-state index contributed by atoms with van der Waals surface area (Å²) >= 11 is 0. The summed E-state index contributed by atoms with van der Waals surface area (Å²) < 4.78 is 1.53. The van der Waals surface area contributed by atoms with E-state index in [0.29, 0.717) is 12.3 Å². The Balaban J connectivity index is 2.32. The summed E-state index contributed by atoms with van der Waals surface area (Å²) in [6.45, 7) is 1.85. The van der Waals surface area contributed by atoms with Crippen molar-refractivity contribution in [2.75, 3.05) is 6.61 Å². The highest BCUT2D eigenvalue weighted by atomic mass is 16.4. The fourth-order valence-corrected chi connectivity index (χ4v) is 1.99. The van der Waals surface area contributed by atoms with E-state index < -0.39 is 5.97 Å². The molecule has 0 aromatic carbocycles. The molecule has 0 atom stereocenters. The maximum atomic E-state index is 10.7. The Morgan fingerprint density at radius 3 is 2.75 bits per heavy atom. The van der Waals surface area contributed by atoms with Crippen molar-refractivity contribution in [3.63, 3.8) is 0 Å². The SMILES string of the molecule is Cc1c(CCO)c(C2CC2)nn1CC(=O)O. The fraction of sp³-hybridized carbons (Fsp3) is 0.636. The number of aliphatic hydroxyl groups is 1. The van der Waals surface area contributed by atoms with E-state index in [1.165, 1.54) is 4.68 Å². The molecule has 0 saturated heterocycles. The van der Waals surface area contributed by atoms with Crippen molar-refractivity contribution >= 4 is 5.97 Å². The van der Waals surface area contributed by atoms with Gasteiger partial charge in [0, 0.05) is 18.2 Å². The zero-order valence-electron chi connectivity index (χ0n) is 9.31. The van der Waals surface area contributed by atoms with Gasteiger partial charge in [0.25, 0.3) is 0 Å². The molecule has 0 aliphatic heterocycles. The first-order valence-electron chi connectivity index (χ1n) is 5.52. The molecule has 1 aliphatic carbocycles. The Hall–Kier alpha value is -1.36. The molecule has 1 aliphatic rings. The number of carbonyl (C=O) groups is 1. The number of hydrogen-bond acceptors (Lipinski definition) is 3. The number of aliphatic carboxylic acids is 1. The van der Waals surface area contributed by atoms with Crippen molar-refractivity contribution < 1.29 is 15.0 Å². The molecule has 0 spiro atoms. The van der Waals surface area contributed by atoms with Gasteiger partial charge in [-0.15, -0.1) is 0 Å². The Morgan fingerprint density at radius 2 is 2.25 bits per heavy atom. The molecule has 16 heavy (non-hydrogen) atoms. The van der Waals surface area contributed by atoms with Crippen LogP contribution in [0.1, 0.15) is 35.7 Å². The minimum absolute atomic E-state index is 0.0827. The second-order valence-corrected chi connectivity index (χ2v) is 4.25. The monoisotopic (exact) mass is 224 g/mol. The summed E-state index contributed by atoms with van der Waals surface area (Å²) in [7, 11) is 0. The predicted octanol–water partition coefficient (Wildman–Crippen LogP) is 0.688. The van der Waals surface area contributed by atoms with Crippen molar-refractivity contribution in [3.05, 3.63) is 17.0 Å². The zero-order chi connectivity index (χ0) is 11.7. The standard InChI is InChI=1S/C11H16N2O3/c1-7-9(4-5-14)11(8-2-3-8)12-13(7)6-10(15)16/h8,14H,2-6H2,1H3,(H,15,16). The summed E-state index contributed by atoms with van der Waals surface area (Å²) in [4.78, 5) is 10.7. The average Bonchev–Trinajstić information content (AvgIpc) is 3.00. The molecular formula is C11H16N2O3. The Bertz CT molecular complexity index is 408. The summed E-state index contributed by atoms with van der Waals surface area (Å²) in [6, 6.07) is 0. The Labute approximate surface area is 93.7 Å². The highest BCUT2D eigenvalue weighted by Gasteiger charge is 2.30. The molecule has 1 aromatic heterocycles. The van der Waals surface area contributed by atoms with Gasteiger partial charge in [0.2, 0.25) is 0 Å². The van der Waals surface area contributed by atoms with Gasteiger partial charge in [-0.05, 0) is 31.7 Å². The maximum absolute atomic E-state index is 10.7. The number of hydrogen-bond donors (Lipinski definition) is 2. The molecule has 1 saturated carbocycles. The molecule has 0 bridgehead atoms. The molecule has 5 nitrogen and oxygen atoms in total. The lowest BCUT2D eigenvalue weighted by Crippen LogP contribution is -2.11. The van der Waals surface area contributed by atoms with Crippen LogP contribution in [0.4, 0.5) is 0 Å². The molecule has 1 heterocycles. The molecular weight excluding hydrogens is 208 g/mol. The van der Waals surface area contributed by atoms with Crippen LogP contribution < -0.4 is 0 Å². The Kier molecular flexibility index (Phi) is 2.96. The Morgan fingerprint density at radius 1 is 1.56 bits per heavy atom. The molecule has 2 rings (SSSR count). The van der Waals surface area contributed by atoms with E-state index >= 15 is 0 Å². The third kappa shape index (κ3) is 2.09. The van der Waals surface area contributed by atoms with Crippen molar-refractivity contribution in [2.24, 2.45) is 0 Å². The van der Waals surface area contributed by atoms with Gasteiger partial charge >= 0.3 is 5.97 Å². The van der Waals surface area contributed by atoms with E-state index in [-0.39, 0.29) is 13.2 Å². The molecule has 2 N–H and O–H groups in total. The topological polar surface area (TPSA) is 75.4 Å². The van der Waals surface area contributed by atoms with Crippen LogP contribution in [-0.2, 0) is 17.8 Å². The van der Waals surface area contributed by atoms with Gasteiger partial charge in [-0.1, -0.05) is 0 Å². The van der Waals surface area contributed by atoms with E-state index in [1.807, 2.05) is 6.92 Å². The van der Waals surface area contributed by atoms with E-state index in [0.717, 1.165) is 29.8 Å². The lowest BCUT2D eigenvalue weighted by atomic mass is 10.1. The van der Waals surface area contributed by atoms with Crippen molar-refractivity contribution in [2.45, 2.75) is 38.6 Å². The van der Waals surface area contributed by atoms with Gasteiger partial charge in [0.1, 0.15) is 6.54 Å². The first-order chi connectivity index (χ1) is 7.63. The van der Waals surface area contributed by atoms with Gasteiger partial charge in [-0.25, -0.2) is 0 Å². The summed E-state index contributed by atoms with van der Waals surface area (Å²) in [5.41, 5.74) is 2.90. The van der Waals surface area contributed by atoms with Crippen LogP contribution in [0.15, 0.2) is 0 Å². The lowest BCUT2D eigenvalue weighted by molar-refractivity contribution is -0.137. The van der Waals surface area contributed by atoms with E-state index in [4.69, 9.17) is 10.2 Å². The summed E-state index contributed by atoms with van der Waals surface area (Å²) in [5.74, 6) is -0.404. The van der Waals surface area contributed by atoms with Gasteiger partial charge in [-0.2, -0.15) is 5.10 Å². The van der Waals surface area contributed by atoms with Crippen molar-refractivity contribution in [1.29, 1.82) is 0 Å². The molecule has 88 valence electrons. The van der Waals surface area contributed by atoms with Crippen molar-refractivity contribution in [3.8, 4) is 0 Å². The first kappa shape index (κ1) is 11.1.